The Bertz CT molecular complexity index is 683. The molecule has 0 radical (unpaired) electrons. The predicted octanol–water partition coefficient (Wildman–Crippen LogP) is 3.91. The van der Waals surface area contributed by atoms with E-state index in [1.54, 1.807) is 12.1 Å². The maximum atomic E-state index is 13.7. The number of nitrogens with zero attached hydrogens (tertiary/aromatic N) is 2. The molecule has 25 heavy (non-hydrogen) atoms. The van der Waals surface area contributed by atoms with Gasteiger partial charge in [-0.15, -0.1) is 24.0 Å². The zero-order valence-electron chi connectivity index (χ0n) is 15.1. The Morgan fingerprint density at radius 1 is 1.28 bits per heavy atom. The summed E-state index contributed by atoms with van der Waals surface area (Å²) in [6.07, 6.45) is 0. The molecule has 0 aliphatic heterocycles. The van der Waals surface area contributed by atoms with Crippen molar-refractivity contribution in [2.24, 2.45) is 4.99 Å². The molecule has 2 rings (SSSR count). The molecule has 1 atom stereocenters. The molecular formula is C18H26FIN4O. The molecule has 2 aromatic rings. The van der Waals surface area contributed by atoms with E-state index < -0.39 is 0 Å². The highest BCUT2D eigenvalue weighted by Gasteiger charge is 2.16. The lowest BCUT2D eigenvalue weighted by atomic mass is 10.00. The average Bonchev–Trinajstić information content (AvgIpc) is 2.90. The summed E-state index contributed by atoms with van der Waals surface area (Å²) < 4.78 is 18.9. The highest BCUT2D eigenvalue weighted by Crippen LogP contribution is 2.22. The fraction of sp³-hybridized carbons (Fsp3) is 0.444. The van der Waals surface area contributed by atoms with E-state index in [1.165, 1.54) is 6.07 Å². The van der Waals surface area contributed by atoms with Crippen molar-refractivity contribution in [3.8, 4) is 0 Å². The van der Waals surface area contributed by atoms with Crippen molar-refractivity contribution in [2.45, 2.75) is 40.2 Å². The number of guanidine groups is 1. The number of nitrogens with one attached hydrogen (secondary N) is 2. The first-order valence-electron chi connectivity index (χ1n) is 8.21. The van der Waals surface area contributed by atoms with Crippen molar-refractivity contribution in [2.75, 3.05) is 13.1 Å². The minimum Gasteiger partial charge on any atom is -0.361 e. The van der Waals surface area contributed by atoms with Crippen molar-refractivity contribution in [1.82, 2.24) is 15.8 Å². The van der Waals surface area contributed by atoms with Gasteiger partial charge in [-0.1, -0.05) is 30.3 Å². The molecule has 0 spiro atoms. The Hall–Kier alpha value is -1.64. The standard InChI is InChI=1S/C18H25FN4O.HI/c1-5-20-18(22-11-15-8-6-7-9-16(15)19)21-10-12(2)17-13(3)23-24-14(17)4;/h6-9,12H,5,10-11H2,1-4H3,(H2,20,21,22);1H. The summed E-state index contributed by atoms with van der Waals surface area (Å²) in [5, 5.41) is 10.5. The van der Waals surface area contributed by atoms with Crippen LogP contribution in [-0.4, -0.2) is 24.2 Å². The third-order valence-electron chi connectivity index (χ3n) is 3.87. The number of aryl methyl sites for hydroxylation is 2. The van der Waals surface area contributed by atoms with Crippen LogP contribution in [0.3, 0.4) is 0 Å². The molecule has 1 aromatic heterocycles. The first kappa shape index (κ1) is 21.4. The highest BCUT2D eigenvalue weighted by atomic mass is 127. The number of hydrogen-bond acceptors (Lipinski definition) is 3. The van der Waals surface area contributed by atoms with Crippen molar-refractivity contribution in [3.63, 3.8) is 0 Å². The SMILES string of the molecule is CCNC(=NCc1ccccc1F)NCC(C)c1c(C)noc1C.I. The largest absolute Gasteiger partial charge is 0.361 e. The highest BCUT2D eigenvalue weighted by molar-refractivity contribution is 14.0. The molecule has 0 amide bonds. The Balaban J connectivity index is 0.00000312. The topological polar surface area (TPSA) is 62.5 Å². The van der Waals surface area contributed by atoms with Gasteiger partial charge in [0, 0.05) is 30.1 Å². The molecule has 0 saturated carbocycles. The van der Waals surface area contributed by atoms with E-state index in [-0.39, 0.29) is 35.7 Å². The van der Waals surface area contributed by atoms with Crippen LogP contribution in [0.5, 0.6) is 0 Å². The Morgan fingerprint density at radius 3 is 2.60 bits per heavy atom. The van der Waals surface area contributed by atoms with Gasteiger partial charge in [0.25, 0.3) is 0 Å². The van der Waals surface area contributed by atoms with Crippen molar-refractivity contribution in [3.05, 3.63) is 52.7 Å². The second-order valence-corrected chi connectivity index (χ2v) is 5.81. The number of benzene rings is 1. The van der Waals surface area contributed by atoms with Crippen molar-refractivity contribution >= 4 is 29.9 Å². The monoisotopic (exact) mass is 460 g/mol. The number of halogens is 2. The number of aliphatic imine (C=N–C) groups is 1. The van der Waals surface area contributed by atoms with E-state index >= 15 is 0 Å². The molecule has 7 heteroatoms. The Labute approximate surface area is 165 Å². The number of aromatic nitrogens is 1. The first-order chi connectivity index (χ1) is 11.5. The molecule has 1 heterocycles. The molecule has 0 aliphatic carbocycles. The predicted molar refractivity (Wildman–Crippen MR) is 109 cm³/mol. The van der Waals surface area contributed by atoms with Crippen molar-refractivity contribution in [1.29, 1.82) is 0 Å². The lowest BCUT2D eigenvalue weighted by molar-refractivity contribution is 0.391. The minimum absolute atomic E-state index is 0. The maximum Gasteiger partial charge on any atom is 0.191 e. The van der Waals surface area contributed by atoms with Gasteiger partial charge in [0.05, 0.1) is 12.2 Å². The third-order valence-corrected chi connectivity index (χ3v) is 3.87. The van der Waals surface area contributed by atoms with E-state index in [2.05, 4.69) is 27.7 Å². The molecule has 0 saturated heterocycles. The summed E-state index contributed by atoms with van der Waals surface area (Å²) >= 11 is 0. The van der Waals surface area contributed by atoms with Crippen LogP contribution >= 0.6 is 24.0 Å². The summed E-state index contributed by atoms with van der Waals surface area (Å²) in [5.74, 6) is 1.50. The van der Waals surface area contributed by atoms with E-state index in [4.69, 9.17) is 4.52 Å². The maximum absolute atomic E-state index is 13.7. The summed E-state index contributed by atoms with van der Waals surface area (Å²) in [6.45, 7) is 9.69. The van der Waals surface area contributed by atoms with Crippen LogP contribution in [0.1, 0.15) is 42.3 Å². The third kappa shape index (κ3) is 5.98. The van der Waals surface area contributed by atoms with E-state index in [0.717, 1.165) is 23.6 Å². The second-order valence-electron chi connectivity index (χ2n) is 5.81. The quantitative estimate of drug-likeness (QED) is 0.390. The van der Waals surface area contributed by atoms with Gasteiger partial charge in [-0.3, -0.25) is 0 Å². The molecule has 1 aromatic carbocycles. The van der Waals surface area contributed by atoms with E-state index in [1.807, 2.05) is 26.8 Å². The summed E-state index contributed by atoms with van der Waals surface area (Å²) in [7, 11) is 0. The minimum atomic E-state index is -0.235. The molecule has 0 aliphatic rings. The number of hydrogen-bond donors (Lipinski definition) is 2. The van der Waals surface area contributed by atoms with Gasteiger partial charge in [-0.2, -0.15) is 0 Å². The second kappa shape index (κ2) is 10.4. The molecule has 0 bridgehead atoms. The van der Waals surface area contributed by atoms with Crippen LogP contribution in [0.25, 0.3) is 0 Å². The lowest BCUT2D eigenvalue weighted by Gasteiger charge is -2.16. The van der Waals surface area contributed by atoms with Gasteiger partial charge in [0.2, 0.25) is 0 Å². The van der Waals surface area contributed by atoms with Crippen LogP contribution in [0, 0.1) is 19.7 Å². The van der Waals surface area contributed by atoms with E-state index in [9.17, 15) is 4.39 Å². The fourth-order valence-electron chi connectivity index (χ4n) is 2.68. The fourth-order valence-corrected chi connectivity index (χ4v) is 2.68. The zero-order valence-corrected chi connectivity index (χ0v) is 17.4. The number of rotatable bonds is 6. The van der Waals surface area contributed by atoms with Gasteiger partial charge >= 0.3 is 0 Å². The van der Waals surface area contributed by atoms with Crippen LogP contribution in [0.2, 0.25) is 0 Å². The van der Waals surface area contributed by atoms with Crippen LogP contribution in [0.15, 0.2) is 33.8 Å². The zero-order chi connectivity index (χ0) is 17.5. The summed E-state index contributed by atoms with van der Waals surface area (Å²) in [6, 6.07) is 6.69. The Kier molecular flexibility index (Phi) is 8.88. The molecule has 2 N–H and O–H groups in total. The summed E-state index contributed by atoms with van der Waals surface area (Å²) in [4.78, 5) is 4.46. The molecule has 0 fully saturated rings. The van der Waals surface area contributed by atoms with Crippen LogP contribution in [0.4, 0.5) is 4.39 Å². The van der Waals surface area contributed by atoms with E-state index in [0.29, 0.717) is 24.6 Å². The molecule has 138 valence electrons. The smallest absolute Gasteiger partial charge is 0.191 e. The van der Waals surface area contributed by atoms with Gasteiger partial charge in [0.15, 0.2) is 5.96 Å². The summed E-state index contributed by atoms with van der Waals surface area (Å²) in [5.41, 5.74) is 2.61. The van der Waals surface area contributed by atoms with Gasteiger partial charge in [0.1, 0.15) is 11.6 Å². The van der Waals surface area contributed by atoms with Gasteiger partial charge < -0.3 is 15.2 Å². The Morgan fingerprint density at radius 2 is 2.00 bits per heavy atom. The van der Waals surface area contributed by atoms with Crippen LogP contribution in [-0.2, 0) is 6.54 Å². The van der Waals surface area contributed by atoms with Crippen LogP contribution < -0.4 is 10.6 Å². The molecule has 1 unspecified atom stereocenters. The lowest BCUT2D eigenvalue weighted by Crippen LogP contribution is -2.39. The van der Waals surface area contributed by atoms with Crippen molar-refractivity contribution < 1.29 is 8.91 Å². The van der Waals surface area contributed by atoms with Gasteiger partial charge in [-0.05, 0) is 26.8 Å². The van der Waals surface area contributed by atoms with Gasteiger partial charge in [-0.25, -0.2) is 9.38 Å². The normalized spacial score (nSPS) is 12.4. The average molecular weight is 460 g/mol. The molecule has 5 nitrogen and oxygen atoms in total. The molecular weight excluding hydrogens is 434 g/mol. The first-order valence-corrected chi connectivity index (χ1v) is 8.21.